The molecule has 0 aliphatic heterocycles. The fourth-order valence-corrected chi connectivity index (χ4v) is 3.66. The van der Waals surface area contributed by atoms with E-state index in [1.54, 1.807) is 31.1 Å². The average molecular weight is 375 g/mol. The van der Waals surface area contributed by atoms with Gasteiger partial charge in [0.15, 0.2) is 5.01 Å². The van der Waals surface area contributed by atoms with Crippen molar-refractivity contribution in [3.05, 3.63) is 51.4 Å². The molecule has 2 aromatic heterocycles. The summed E-state index contributed by atoms with van der Waals surface area (Å²) in [6.07, 6.45) is 0. The SMILES string of the molecule is CN(C)c1ccc(C(=O)Nc2nnc(-c3cccs3)s2)cc1[N+](=O)[O-]. The third kappa shape index (κ3) is 3.64. The van der Waals surface area contributed by atoms with Gasteiger partial charge in [-0.1, -0.05) is 17.4 Å². The zero-order valence-corrected chi connectivity index (χ0v) is 14.9. The van der Waals surface area contributed by atoms with E-state index in [-0.39, 0.29) is 11.3 Å². The van der Waals surface area contributed by atoms with Gasteiger partial charge in [-0.2, -0.15) is 0 Å². The van der Waals surface area contributed by atoms with E-state index in [0.717, 1.165) is 4.88 Å². The van der Waals surface area contributed by atoms with Crippen molar-refractivity contribution in [3.8, 4) is 9.88 Å². The normalized spacial score (nSPS) is 10.5. The van der Waals surface area contributed by atoms with Gasteiger partial charge in [0.05, 0.1) is 9.80 Å². The Hall–Kier alpha value is -2.85. The summed E-state index contributed by atoms with van der Waals surface area (Å²) in [4.78, 5) is 25.7. The molecule has 0 unspecified atom stereocenters. The minimum atomic E-state index is -0.508. The highest BCUT2D eigenvalue weighted by atomic mass is 32.1. The number of carbonyl (C=O) groups is 1. The molecule has 10 heteroatoms. The topological polar surface area (TPSA) is 101 Å². The van der Waals surface area contributed by atoms with E-state index >= 15 is 0 Å². The van der Waals surface area contributed by atoms with Gasteiger partial charge >= 0.3 is 0 Å². The third-order valence-electron chi connectivity index (χ3n) is 3.29. The molecule has 8 nitrogen and oxygen atoms in total. The highest BCUT2D eigenvalue weighted by Gasteiger charge is 2.19. The molecule has 0 saturated heterocycles. The predicted molar refractivity (Wildman–Crippen MR) is 98.6 cm³/mol. The number of anilines is 2. The van der Waals surface area contributed by atoms with Crippen molar-refractivity contribution < 1.29 is 9.72 Å². The summed E-state index contributed by atoms with van der Waals surface area (Å²) in [5.41, 5.74) is 0.483. The molecule has 3 rings (SSSR count). The molecule has 0 fully saturated rings. The molecule has 1 aromatic carbocycles. The highest BCUT2D eigenvalue weighted by Crippen LogP contribution is 2.31. The van der Waals surface area contributed by atoms with Crippen LogP contribution in [0.2, 0.25) is 0 Å². The van der Waals surface area contributed by atoms with Crippen LogP contribution in [0.5, 0.6) is 0 Å². The Morgan fingerprint density at radius 3 is 2.72 bits per heavy atom. The van der Waals surface area contributed by atoms with E-state index in [1.165, 1.54) is 28.7 Å². The van der Waals surface area contributed by atoms with E-state index in [2.05, 4.69) is 15.5 Å². The van der Waals surface area contributed by atoms with Crippen LogP contribution >= 0.6 is 22.7 Å². The lowest BCUT2D eigenvalue weighted by molar-refractivity contribution is -0.384. The second-order valence-electron chi connectivity index (χ2n) is 5.20. The largest absolute Gasteiger partial charge is 0.372 e. The number of nitro benzene ring substituents is 1. The van der Waals surface area contributed by atoms with Gasteiger partial charge < -0.3 is 4.90 Å². The Labute approximate surface area is 150 Å². The molecule has 0 bridgehead atoms. The first-order chi connectivity index (χ1) is 12.0. The van der Waals surface area contributed by atoms with E-state index < -0.39 is 10.8 Å². The molecule has 1 N–H and O–H groups in total. The smallest absolute Gasteiger partial charge is 0.293 e. The van der Waals surface area contributed by atoms with Crippen LogP contribution in [0.15, 0.2) is 35.7 Å². The lowest BCUT2D eigenvalue weighted by Crippen LogP contribution is -2.14. The molecule has 1 amide bonds. The maximum atomic E-state index is 12.4. The van der Waals surface area contributed by atoms with Crippen LogP contribution in [0, 0.1) is 10.1 Å². The molecular formula is C15H13N5O3S2. The maximum Gasteiger partial charge on any atom is 0.293 e. The number of hydrogen-bond acceptors (Lipinski definition) is 8. The second-order valence-corrected chi connectivity index (χ2v) is 7.12. The van der Waals surface area contributed by atoms with Gasteiger partial charge in [-0.25, -0.2) is 0 Å². The lowest BCUT2D eigenvalue weighted by Gasteiger charge is -2.13. The van der Waals surface area contributed by atoms with E-state index in [9.17, 15) is 14.9 Å². The molecule has 3 aromatic rings. The monoisotopic (exact) mass is 375 g/mol. The van der Waals surface area contributed by atoms with Gasteiger partial charge in [-0.3, -0.25) is 20.2 Å². The van der Waals surface area contributed by atoms with Crippen molar-refractivity contribution in [1.29, 1.82) is 0 Å². The molecular weight excluding hydrogens is 362 g/mol. The predicted octanol–water partition coefficient (Wildman–Crippen LogP) is 3.49. The summed E-state index contributed by atoms with van der Waals surface area (Å²) in [5, 5.41) is 24.8. The van der Waals surface area contributed by atoms with Crippen molar-refractivity contribution >= 4 is 45.1 Å². The Bertz CT molecular complexity index is 921. The number of benzene rings is 1. The van der Waals surface area contributed by atoms with Gasteiger partial charge in [0.2, 0.25) is 5.13 Å². The van der Waals surface area contributed by atoms with E-state index in [0.29, 0.717) is 15.8 Å². The molecule has 0 radical (unpaired) electrons. The zero-order valence-electron chi connectivity index (χ0n) is 13.3. The molecule has 0 aliphatic carbocycles. The molecule has 25 heavy (non-hydrogen) atoms. The Balaban J connectivity index is 1.82. The summed E-state index contributed by atoms with van der Waals surface area (Å²) in [5.74, 6) is -0.470. The van der Waals surface area contributed by atoms with Crippen LogP contribution in [-0.2, 0) is 0 Å². The lowest BCUT2D eigenvalue weighted by atomic mass is 10.1. The molecule has 0 saturated carbocycles. The molecule has 2 heterocycles. The first-order valence-corrected chi connectivity index (χ1v) is 8.80. The number of thiophene rings is 1. The van der Waals surface area contributed by atoms with Crippen LogP contribution in [0.3, 0.4) is 0 Å². The summed E-state index contributed by atoms with van der Waals surface area (Å²) in [6.45, 7) is 0. The first kappa shape index (κ1) is 17.0. The van der Waals surface area contributed by atoms with E-state index in [1.807, 2.05) is 17.5 Å². The minimum absolute atomic E-state index is 0.130. The Morgan fingerprint density at radius 2 is 2.08 bits per heavy atom. The Kier molecular flexibility index (Phi) is 4.72. The summed E-state index contributed by atoms with van der Waals surface area (Å²) in [7, 11) is 3.41. The first-order valence-electron chi connectivity index (χ1n) is 7.10. The van der Waals surface area contributed by atoms with Crippen molar-refractivity contribution in [3.63, 3.8) is 0 Å². The van der Waals surface area contributed by atoms with Crippen LogP contribution in [0.4, 0.5) is 16.5 Å². The molecule has 0 spiro atoms. The highest BCUT2D eigenvalue weighted by molar-refractivity contribution is 7.23. The van der Waals surface area contributed by atoms with Crippen molar-refractivity contribution in [2.45, 2.75) is 0 Å². The number of carbonyl (C=O) groups excluding carboxylic acids is 1. The van der Waals surface area contributed by atoms with Crippen molar-refractivity contribution in [2.75, 3.05) is 24.3 Å². The second kappa shape index (κ2) is 6.95. The van der Waals surface area contributed by atoms with Gasteiger partial charge in [0.1, 0.15) is 5.69 Å². The maximum absolute atomic E-state index is 12.4. The van der Waals surface area contributed by atoms with Gasteiger partial charge in [0.25, 0.3) is 11.6 Å². The quantitative estimate of drug-likeness (QED) is 0.541. The van der Waals surface area contributed by atoms with Crippen molar-refractivity contribution in [1.82, 2.24) is 10.2 Å². The summed E-state index contributed by atoms with van der Waals surface area (Å²) >= 11 is 2.78. The number of nitrogens with one attached hydrogen (secondary N) is 1. The number of amides is 1. The van der Waals surface area contributed by atoms with Crippen LogP contribution in [-0.4, -0.2) is 35.1 Å². The third-order valence-corrected chi connectivity index (χ3v) is 5.17. The molecule has 0 aliphatic rings. The van der Waals surface area contributed by atoms with Crippen LogP contribution in [0.1, 0.15) is 10.4 Å². The molecule has 0 atom stereocenters. The Morgan fingerprint density at radius 1 is 1.28 bits per heavy atom. The number of rotatable bonds is 5. The van der Waals surface area contributed by atoms with Gasteiger partial charge in [-0.15, -0.1) is 21.5 Å². The number of nitro groups is 1. The van der Waals surface area contributed by atoms with E-state index in [4.69, 9.17) is 0 Å². The number of hydrogen-bond donors (Lipinski definition) is 1. The van der Waals surface area contributed by atoms with Gasteiger partial charge in [-0.05, 0) is 23.6 Å². The zero-order chi connectivity index (χ0) is 18.0. The summed E-state index contributed by atoms with van der Waals surface area (Å²) < 4.78 is 0. The standard InChI is InChI=1S/C15H13N5O3S2/c1-19(2)10-6-5-9(8-11(10)20(22)23)13(21)16-15-18-17-14(25-15)12-4-3-7-24-12/h3-8H,1-2H3,(H,16,18,21). The fourth-order valence-electron chi connectivity index (χ4n) is 2.13. The number of nitrogens with zero attached hydrogens (tertiary/aromatic N) is 4. The molecule has 128 valence electrons. The summed E-state index contributed by atoms with van der Waals surface area (Å²) in [6, 6.07) is 8.17. The fraction of sp³-hybridized carbons (Fsp3) is 0.133. The van der Waals surface area contributed by atoms with Crippen LogP contribution < -0.4 is 10.2 Å². The average Bonchev–Trinajstić information content (AvgIpc) is 3.25. The number of aromatic nitrogens is 2. The minimum Gasteiger partial charge on any atom is -0.372 e. The van der Waals surface area contributed by atoms with Crippen LogP contribution in [0.25, 0.3) is 9.88 Å². The van der Waals surface area contributed by atoms with Gasteiger partial charge in [0, 0.05) is 25.7 Å². The van der Waals surface area contributed by atoms with Crippen molar-refractivity contribution in [2.24, 2.45) is 0 Å².